The summed E-state index contributed by atoms with van der Waals surface area (Å²) in [4.78, 5) is 17.4. The molecule has 2 aromatic carbocycles. The Morgan fingerprint density at radius 1 is 1.30 bits per heavy atom. The number of thiazole rings is 1. The molecule has 138 valence electrons. The van der Waals surface area contributed by atoms with E-state index in [0.717, 1.165) is 14.7 Å². The molecule has 1 aromatic heterocycles. The second-order valence-corrected chi connectivity index (χ2v) is 9.77. The summed E-state index contributed by atoms with van der Waals surface area (Å²) in [6.45, 7) is 1.79. The first-order valence-electron chi connectivity index (χ1n) is 8.00. The van der Waals surface area contributed by atoms with Gasteiger partial charge >= 0.3 is 0 Å². The van der Waals surface area contributed by atoms with E-state index in [1.807, 2.05) is 18.2 Å². The van der Waals surface area contributed by atoms with Gasteiger partial charge in [-0.2, -0.15) is 4.99 Å². The van der Waals surface area contributed by atoms with Gasteiger partial charge in [-0.3, -0.25) is 4.79 Å². The summed E-state index contributed by atoms with van der Waals surface area (Å²) in [5.74, 6) is 1.86. The van der Waals surface area contributed by atoms with Gasteiger partial charge in [-0.15, -0.1) is 6.42 Å². The summed E-state index contributed by atoms with van der Waals surface area (Å²) in [6.07, 6.45) is 5.47. The normalized spacial score (nSPS) is 12.3. The molecule has 1 amide bonds. The topological polar surface area (TPSA) is 68.5 Å². The molecule has 0 radical (unpaired) electrons. The molecule has 0 atom stereocenters. The summed E-state index contributed by atoms with van der Waals surface area (Å²) >= 11 is 4.75. The van der Waals surface area contributed by atoms with Crippen LogP contribution in [0.2, 0.25) is 0 Å². The van der Waals surface area contributed by atoms with Gasteiger partial charge in [0.25, 0.3) is 5.91 Å². The van der Waals surface area contributed by atoms with Crippen molar-refractivity contribution < 1.29 is 13.2 Å². The number of terminal acetylenes is 1. The van der Waals surface area contributed by atoms with Crippen LogP contribution >= 0.6 is 27.3 Å². The zero-order chi connectivity index (χ0) is 19.6. The van der Waals surface area contributed by atoms with E-state index >= 15 is 0 Å². The fraction of sp³-hybridized carbons (Fsp3) is 0.158. The Balaban J connectivity index is 2.20. The molecule has 0 saturated heterocycles. The van der Waals surface area contributed by atoms with Gasteiger partial charge in [-0.25, -0.2) is 8.42 Å². The number of amides is 1. The van der Waals surface area contributed by atoms with Crippen LogP contribution in [0.25, 0.3) is 10.2 Å². The molecule has 8 heteroatoms. The zero-order valence-corrected chi connectivity index (χ0v) is 17.6. The number of carbonyl (C=O) groups excluding carboxylic acids is 1. The monoisotopic (exact) mass is 462 g/mol. The lowest BCUT2D eigenvalue weighted by Crippen LogP contribution is -2.17. The third kappa shape index (κ3) is 3.90. The fourth-order valence-corrected chi connectivity index (χ4v) is 5.26. The van der Waals surface area contributed by atoms with Crippen molar-refractivity contribution >= 4 is 53.2 Å². The molecule has 0 aliphatic rings. The Kier molecular flexibility index (Phi) is 5.65. The summed E-state index contributed by atoms with van der Waals surface area (Å²) in [6, 6.07) is 11.8. The molecule has 5 nitrogen and oxygen atoms in total. The highest BCUT2D eigenvalue weighted by Crippen LogP contribution is 2.23. The Labute approximate surface area is 169 Å². The van der Waals surface area contributed by atoms with Crippen LogP contribution in [0.3, 0.4) is 0 Å². The van der Waals surface area contributed by atoms with Crippen LogP contribution in [0.4, 0.5) is 0 Å². The van der Waals surface area contributed by atoms with E-state index in [2.05, 4.69) is 26.8 Å². The fourth-order valence-electron chi connectivity index (χ4n) is 2.59. The number of halogens is 1. The van der Waals surface area contributed by atoms with Gasteiger partial charge < -0.3 is 4.57 Å². The zero-order valence-electron chi connectivity index (χ0n) is 14.3. The highest BCUT2D eigenvalue weighted by atomic mass is 79.9. The number of aromatic nitrogens is 1. The average molecular weight is 463 g/mol. The number of rotatable bonds is 4. The highest BCUT2D eigenvalue weighted by molar-refractivity contribution is 9.10. The first-order valence-corrected chi connectivity index (χ1v) is 11.3. The number of fused-ring (bicyclic) bond motifs is 1. The van der Waals surface area contributed by atoms with Crippen molar-refractivity contribution in [1.82, 2.24) is 4.57 Å². The molecule has 0 N–H and O–H groups in total. The molecule has 1 heterocycles. The lowest BCUT2D eigenvalue weighted by Gasteiger charge is -2.06. The van der Waals surface area contributed by atoms with Gasteiger partial charge in [-0.1, -0.05) is 52.2 Å². The van der Waals surface area contributed by atoms with Crippen LogP contribution in [0, 0.1) is 12.3 Å². The second kappa shape index (κ2) is 7.80. The van der Waals surface area contributed by atoms with Gasteiger partial charge in [0.1, 0.15) is 0 Å². The third-order valence-electron chi connectivity index (χ3n) is 3.92. The number of hydrogen-bond donors (Lipinski definition) is 0. The molecular formula is C19H15BrN2O3S2. The van der Waals surface area contributed by atoms with Gasteiger partial charge in [0.05, 0.1) is 33.0 Å². The van der Waals surface area contributed by atoms with Gasteiger partial charge in [0, 0.05) is 4.47 Å². The smallest absolute Gasteiger partial charge is 0.280 e. The molecule has 27 heavy (non-hydrogen) atoms. The number of hydrogen-bond acceptors (Lipinski definition) is 4. The van der Waals surface area contributed by atoms with Crippen LogP contribution in [0.5, 0.6) is 0 Å². The number of carbonyl (C=O) groups is 1. The van der Waals surface area contributed by atoms with E-state index in [-0.39, 0.29) is 22.8 Å². The standard InChI is InChI=1S/C19H15BrN2O3S2/c1-3-11-22-15-10-9-13(20)12-16(15)26-19(22)21-18(23)14-7-5-6-8-17(14)27(24,25)4-2/h1,5-10,12H,4,11H2,2H3. The van der Waals surface area contributed by atoms with Crippen molar-refractivity contribution in [2.24, 2.45) is 4.99 Å². The van der Waals surface area contributed by atoms with Crippen molar-refractivity contribution in [2.45, 2.75) is 18.4 Å². The van der Waals surface area contributed by atoms with E-state index in [4.69, 9.17) is 6.42 Å². The summed E-state index contributed by atoms with van der Waals surface area (Å²) in [5.41, 5.74) is 0.924. The minimum atomic E-state index is -3.54. The molecule has 0 saturated carbocycles. The molecular weight excluding hydrogens is 448 g/mol. The van der Waals surface area contributed by atoms with E-state index in [1.165, 1.54) is 23.5 Å². The number of nitrogens with zero attached hydrogens (tertiary/aromatic N) is 2. The maximum Gasteiger partial charge on any atom is 0.280 e. The molecule has 3 rings (SSSR count). The van der Waals surface area contributed by atoms with Gasteiger partial charge in [-0.05, 0) is 30.3 Å². The molecule has 3 aromatic rings. The minimum absolute atomic E-state index is 0.00592. The van der Waals surface area contributed by atoms with Crippen LogP contribution in [-0.4, -0.2) is 24.6 Å². The van der Waals surface area contributed by atoms with Gasteiger partial charge in [0.2, 0.25) is 0 Å². The van der Waals surface area contributed by atoms with Crippen molar-refractivity contribution in [3.63, 3.8) is 0 Å². The van der Waals surface area contributed by atoms with E-state index in [0.29, 0.717) is 4.80 Å². The number of benzene rings is 2. The van der Waals surface area contributed by atoms with Crippen LogP contribution in [-0.2, 0) is 16.4 Å². The maximum atomic E-state index is 12.8. The lowest BCUT2D eigenvalue weighted by atomic mass is 10.2. The third-order valence-corrected chi connectivity index (χ3v) is 7.24. The van der Waals surface area contributed by atoms with Crippen molar-refractivity contribution in [2.75, 3.05) is 5.75 Å². The van der Waals surface area contributed by atoms with Gasteiger partial charge in [0.15, 0.2) is 14.6 Å². The van der Waals surface area contributed by atoms with Crippen molar-refractivity contribution in [3.05, 3.63) is 57.3 Å². The Morgan fingerprint density at radius 3 is 2.74 bits per heavy atom. The lowest BCUT2D eigenvalue weighted by molar-refractivity contribution is 0.0994. The largest absolute Gasteiger partial charge is 0.305 e. The quantitative estimate of drug-likeness (QED) is 0.555. The second-order valence-electron chi connectivity index (χ2n) is 5.60. The summed E-state index contributed by atoms with van der Waals surface area (Å²) in [7, 11) is -3.54. The Morgan fingerprint density at radius 2 is 2.04 bits per heavy atom. The molecule has 0 spiro atoms. The van der Waals surface area contributed by atoms with Crippen LogP contribution in [0.1, 0.15) is 17.3 Å². The molecule has 0 fully saturated rings. The van der Waals surface area contributed by atoms with Crippen LogP contribution < -0.4 is 4.80 Å². The first-order chi connectivity index (χ1) is 12.9. The molecule has 0 unspecified atom stereocenters. The molecule has 0 aliphatic heterocycles. The number of sulfone groups is 1. The first kappa shape index (κ1) is 19.5. The maximum absolute atomic E-state index is 12.8. The summed E-state index contributed by atoms with van der Waals surface area (Å²) in [5, 5.41) is 0. The minimum Gasteiger partial charge on any atom is -0.305 e. The van der Waals surface area contributed by atoms with E-state index in [9.17, 15) is 13.2 Å². The molecule has 0 aliphatic carbocycles. The predicted molar refractivity (Wildman–Crippen MR) is 110 cm³/mol. The summed E-state index contributed by atoms with van der Waals surface area (Å²) < 4.78 is 28.2. The predicted octanol–water partition coefficient (Wildman–Crippen LogP) is 3.63. The Hall–Kier alpha value is -2.21. The molecule has 0 bridgehead atoms. The van der Waals surface area contributed by atoms with Crippen molar-refractivity contribution in [1.29, 1.82) is 0 Å². The average Bonchev–Trinajstić information content (AvgIpc) is 2.98. The Bertz CT molecular complexity index is 1250. The van der Waals surface area contributed by atoms with Crippen molar-refractivity contribution in [3.8, 4) is 12.3 Å². The SMILES string of the molecule is C#CCn1c(=NC(=O)c2ccccc2S(=O)(=O)CC)sc2cc(Br)ccc21. The van der Waals surface area contributed by atoms with E-state index in [1.54, 1.807) is 23.6 Å². The highest BCUT2D eigenvalue weighted by Gasteiger charge is 2.20. The van der Waals surface area contributed by atoms with E-state index < -0.39 is 15.7 Å². The van der Waals surface area contributed by atoms with Crippen LogP contribution in [0.15, 0.2) is 56.8 Å².